The highest BCUT2D eigenvalue weighted by Gasteiger charge is 2.17. The summed E-state index contributed by atoms with van der Waals surface area (Å²) >= 11 is 0. The lowest BCUT2D eigenvalue weighted by molar-refractivity contribution is 0.217. The third kappa shape index (κ3) is 3.27. The Hall–Kier alpha value is -1.46. The number of anilines is 1. The van der Waals surface area contributed by atoms with E-state index in [-0.39, 0.29) is 19.3 Å². The highest BCUT2D eigenvalue weighted by molar-refractivity contribution is 5.61. The summed E-state index contributed by atoms with van der Waals surface area (Å²) in [4.78, 5) is 1.89. The minimum Gasteiger partial charge on any atom is -0.497 e. The Labute approximate surface area is 108 Å². The molecule has 0 heterocycles. The van der Waals surface area contributed by atoms with E-state index in [2.05, 4.69) is 0 Å². The van der Waals surface area contributed by atoms with Gasteiger partial charge in [-0.1, -0.05) is 0 Å². The van der Waals surface area contributed by atoms with E-state index in [0.29, 0.717) is 12.2 Å². The molecule has 5 heteroatoms. The number of benzene rings is 1. The molecule has 0 spiro atoms. The van der Waals surface area contributed by atoms with Crippen LogP contribution in [0, 0.1) is 0 Å². The molecule has 1 rings (SSSR count). The summed E-state index contributed by atoms with van der Waals surface area (Å²) in [6.45, 7) is -0.000720. The van der Waals surface area contributed by atoms with Crippen molar-refractivity contribution in [3.63, 3.8) is 0 Å². The van der Waals surface area contributed by atoms with E-state index in [4.69, 9.17) is 14.6 Å². The van der Waals surface area contributed by atoms with Gasteiger partial charge in [-0.15, -0.1) is 0 Å². The Morgan fingerprint density at radius 1 is 1.22 bits per heavy atom. The van der Waals surface area contributed by atoms with Crippen molar-refractivity contribution in [3.8, 4) is 11.5 Å². The molecule has 0 aliphatic heterocycles. The largest absolute Gasteiger partial charge is 0.497 e. The van der Waals surface area contributed by atoms with E-state index in [1.807, 2.05) is 30.1 Å². The highest BCUT2D eigenvalue weighted by Crippen LogP contribution is 2.32. The lowest BCUT2D eigenvalue weighted by Gasteiger charge is -2.29. The fraction of sp³-hybridized carbons (Fsp3) is 0.538. The second kappa shape index (κ2) is 7.08. The average molecular weight is 255 g/mol. The molecule has 0 saturated carbocycles. The van der Waals surface area contributed by atoms with Gasteiger partial charge >= 0.3 is 0 Å². The van der Waals surface area contributed by atoms with Gasteiger partial charge in [-0.2, -0.15) is 0 Å². The summed E-state index contributed by atoms with van der Waals surface area (Å²) in [5.74, 6) is 1.42. The van der Waals surface area contributed by atoms with Crippen molar-refractivity contribution in [2.45, 2.75) is 12.5 Å². The number of aliphatic hydroxyl groups excluding tert-OH is 2. The molecule has 0 amide bonds. The zero-order valence-corrected chi connectivity index (χ0v) is 11.1. The fourth-order valence-corrected chi connectivity index (χ4v) is 1.83. The van der Waals surface area contributed by atoms with Crippen LogP contribution in [-0.2, 0) is 0 Å². The van der Waals surface area contributed by atoms with Crippen LogP contribution >= 0.6 is 0 Å². The van der Waals surface area contributed by atoms with E-state index in [1.54, 1.807) is 14.2 Å². The second-order valence-electron chi connectivity index (χ2n) is 4.00. The molecule has 0 saturated heterocycles. The van der Waals surface area contributed by atoms with Gasteiger partial charge in [-0.3, -0.25) is 0 Å². The van der Waals surface area contributed by atoms with Gasteiger partial charge in [0.15, 0.2) is 0 Å². The maximum Gasteiger partial charge on any atom is 0.142 e. The van der Waals surface area contributed by atoms with Crippen molar-refractivity contribution in [1.29, 1.82) is 0 Å². The monoisotopic (exact) mass is 255 g/mol. The highest BCUT2D eigenvalue weighted by atomic mass is 16.5. The first-order chi connectivity index (χ1) is 8.67. The van der Waals surface area contributed by atoms with Crippen LogP contribution in [0.1, 0.15) is 6.42 Å². The first kappa shape index (κ1) is 14.6. The molecule has 102 valence electrons. The minimum absolute atomic E-state index is 0.0296. The first-order valence-electron chi connectivity index (χ1n) is 5.84. The van der Waals surface area contributed by atoms with Crippen molar-refractivity contribution in [2.75, 3.05) is 39.4 Å². The van der Waals surface area contributed by atoms with Crippen molar-refractivity contribution in [3.05, 3.63) is 18.2 Å². The molecule has 0 aromatic heterocycles. The number of hydrogen-bond donors (Lipinski definition) is 2. The van der Waals surface area contributed by atoms with Crippen LogP contribution in [0.15, 0.2) is 18.2 Å². The fourth-order valence-electron chi connectivity index (χ4n) is 1.83. The molecule has 18 heavy (non-hydrogen) atoms. The third-order valence-electron chi connectivity index (χ3n) is 2.99. The predicted octanol–water partition coefficient (Wildman–Crippen LogP) is 0.883. The first-order valence-corrected chi connectivity index (χ1v) is 5.84. The van der Waals surface area contributed by atoms with Crippen LogP contribution in [0.3, 0.4) is 0 Å². The quantitative estimate of drug-likeness (QED) is 0.757. The predicted molar refractivity (Wildman–Crippen MR) is 70.5 cm³/mol. The molecule has 1 aromatic carbocycles. The second-order valence-corrected chi connectivity index (χ2v) is 4.00. The summed E-state index contributed by atoms with van der Waals surface area (Å²) in [7, 11) is 5.05. The number of ether oxygens (including phenoxy) is 2. The van der Waals surface area contributed by atoms with Gasteiger partial charge in [0.05, 0.1) is 32.6 Å². The van der Waals surface area contributed by atoms with Gasteiger partial charge in [-0.25, -0.2) is 0 Å². The van der Waals surface area contributed by atoms with E-state index in [1.165, 1.54) is 0 Å². The standard InChI is InChI=1S/C13H21NO4/c1-14(10(9-16)6-7-15)12-8-11(17-2)4-5-13(12)18-3/h4-5,8,10,15-16H,6-7,9H2,1-3H3. The molecule has 0 radical (unpaired) electrons. The summed E-state index contributed by atoms with van der Waals surface area (Å²) in [5, 5.41) is 18.4. The van der Waals surface area contributed by atoms with Crippen molar-refractivity contribution < 1.29 is 19.7 Å². The molecular weight excluding hydrogens is 234 g/mol. The number of aliphatic hydroxyl groups is 2. The van der Waals surface area contributed by atoms with Gasteiger partial charge in [0.25, 0.3) is 0 Å². The van der Waals surface area contributed by atoms with Gasteiger partial charge in [0, 0.05) is 19.7 Å². The summed E-state index contributed by atoms with van der Waals surface area (Å²) in [5.41, 5.74) is 0.823. The molecule has 0 aliphatic carbocycles. The number of hydrogen-bond acceptors (Lipinski definition) is 5. The van der Waals surface area contributed by atoms with Crippen LogP contribution < -0.4 is 14.4 Å². The van der Waals surface area contributed by atoms with Gasteiger partial charge in [-0.05, 0) is 18.6 Å². The number of rotatable bonds is 7. The molecule has 1 aromatic rings. The summed E-state index contributed by atoms with van der Waals surface area (Å²) in [6, 6.07) is 5.32. The Balaban J connectivity index is 3.04. The smallest absolute Gasteiger partial charge is 0.142 e. The molecule has 5 nitrogen and oxygen atoms in total. The molecule has 1 unspecified atom stereocenters. The van der Waals surface area contributed by atoms with Gasteiger partial charge in [0.2, 0.25) is 0 Å². The maximum absolute atomic E-state index is 9.35. The topological polar surface area (TPSA) is 62.2 Å². The van der Waals surface area contributed by atoms with E-state index in [9.17, 15) is 5.11 Å². The zero-order valence-electron chi connectivity index (χ0n) is 11.1. The molecule has 0 aliphatic rings. The Morgan fingerprint density at radius 2 is 1.94 bits per heavy atom. The normalized spacial score (nSPS) is 12.1. The van der Waals surface area contributed by atoms with Crippen molar-refractivity contribution in [2.24, 2.45) is 0 Å². The molecule has 2 N–H and O–H groups in total. The number of methoxy groups -OCH3 is 2. The van der Waals surface area contributed by atoms with Crippen molar-refractivity contribution in [1.82, 2.24) is 0 Å². The Morgan fingerprint density at radius 3 is 2.44 bits per heavy atom. The summed E-state index contributed by atoms with van der Waals surface area (Å²) in [6.07, 6.45) is 0.493. The lowest BCUT2D eigenvalue weighted by atomic mass is 10.1. The maximum atomic E-state index is 9.35. The minimum atomic E-state index is -0.156. The van der Waals surface area contributed by atoms with Crippen LogP contribution in [0.25, 0.3) is 0 Å². The van der Waals surface area contributed by atoms with E-state index in [0.717, 1.165) is 11.4 Å². The molecular formula is C13H21NO4. The summed E-state index contributed by atoms with van der Waals surface area (Å²) < 4.78 is 10.5. The Bertz CT molecular complexity index is 370. The SMILES string of the molecule is COc1ccc(OC)c(N(C)C(CO)CCO)c1. The Kier molecular flexibility index (Phi) is 5.74. The number of nitrogens with zero attached hydrogens (tertiary/aromatic N) is 1. The third-order valence-corrected chi connectivity index (χ3v) is 2.99. The average Bonchev–Trinajstić information content (AvgIpc) is 2.43. The van der Waals surface area contributed by atoms with Crippen LogP contribution in [-0.4, -0.2) is 50.7 Å². The van der Waals surface area contributed by atoms with Crippen LogP contribution in [0.4, 0.5) is 5.69 Å². The molecule has 0 bridgehead atoms. The van der Waals surface area contributed by atoms with Gasteiger partial charge in [0.1, 0.15) is 11.5 Å². The van der Waals surface area contributed by atoms with Crippen LogP contribution in [0.2, 0.25) is 0 Å². The van der Waals surface area contributed by atoms with E-state index < -0.39 is 0 Å². The van der Waals surface area contributed by atoms with E-state index >= 15 is 0 Å². The van der Waals surface area contributed by atoms with Crippen LogP contribution in [0.5, 0.6) is 11.5 Å². The molecule has 1 atom stereocenters. The zero-order chi connectivity index (χ0) is 13.5. The number of likely N-dealkylation sites (N-methyl/N-ethyl adjacent to an activating group) is 1. The van der Waals surface area contributed by atoms with Crippen molar-refractivity contribution >= 4 is 5.69 Å². The lowest BCUT2D eigenvalue weighted by Crippen LogP contribution is -2.35. The molecule has 0 fully saturated rings. The van der Waals surface area contributed by atoms with Gasteiger partial charge < -0.3 is 24.6 Å².